The van der Waals surface area contributed by atoms with E-state index in [-0.39, 0.29) is 0 Å². The highest BCUT2D eigenvalue weighted by Gasteiger charge is 2.33. The number of ether oxygens (including phenoxy) is 3. The third-order valence-corrected chi connectivity index (χ3v) is 2.35. The molecule has 0 rings (SSSR count). The SMILES string of the molecule is CC(=O)C[C@H](OC(=O)[C@H](CC(=O)OC(C)(C)C)OC(C)=O)C(=O)O. The molecule has 9 heteroatoms. The summed E-state index contributed by atoms with van der Waals surface area (Å²) in [5.41, 5.74) is -0.819. The van der Waals surface area contributed by atoms with Crippen molar-refractivity contribution in [2.24, 2.45) is 0 Å². The van der Waals surface area contributed by atoms with E-state index in [1.807, 2.05) is 0 Å². The van der Waals surface area contributed by atoms with Crippen LogP contribution >= 0.6 is 0 Å². The lowest BCUT2D eigenvalue weighted by Gasteiger charge is -2.22. The molecule has 9 nitrogen and oxygen atoms in total. The van der Waals surface area contributed by atoms with Gasteiger partial charge in [0.1, 0.15) is 11.4 Å². The zero-order chi connectivity index (χ0) is 19.1. The van der Waals surface area contributed by atoms with Crippen LogP contribution in [-0.2, 0) is 38.2 Å². The molecule has 0 aromatic carbocycles. The van der Waals surface area contributed by atoms with E-state index >= 15 is 0 Å². The number of ketones is 1. The summed E-state index contributed by atoms with van der Waals surface area (Å²) in [6.07, 6.45) is -4.57. The second kappa shape index (κ2) is 8.99. The Morgan fingerprint density at radius 2 is 1.46 bits per heavy atom. The summed E-state index contributed by atoms with van der Waals surface area (Å²) in [6, 6.07) is 0. The molecule has 136 valence electrons. The maximum atomic E-state index is 12.0. The van der Waals surface area contributed by atoms with Crippen LogP contribution in [0, 0.1) is 0 Å². The lowest BCUT2D eigenvalue weighted by Crippen LogP contribution is -2.38. The molecule has 0 radical (unpaired) electrons. The third kappa shape index (κ3) is 9.54. The van der Waals surface area contributed by atoms with E-state index in [0.717, 1.165) is 13.8 Å². The van der Waals surface area contributed by atoms with Crippen molar-refractivity contribution in [2.45, 2.75) is 65.3 Å². The molecule has 0 spiro atoms. The Morgan fingerprint density at radius 1 is 0.917 bits per heavy atom. The van der Waals surface area contributed by atoms with Gasteiger partial charge >= 0.3 is 23.9 Å². The minimum atomic E-state index is -1.73. The maximum Gasteiger partial charge on any atom is 0.348 e. The van der Waals surface area contributed by atoms with Crippen LogP contribution < -0.4 is 0 Å². The smallest absolute Gasteiger partial charge is 0.348 e. The van der Waals surface area contributed by atoms with Gasteiger partial charge in [0.15, 0.2) is 0 Å². The van der Waals surface area contributed by atoms with Gasteiger partial charge in [-0.15, -0.1) is 0 Å². The predicted molar refractivity (Wildman–Crippen MR) is 78.8 cm³/mol. The summed E-state index contributed by atoms with van der Waals surface area (Å²) in [5, 5.41) is 8.94. The van der Waals surface area contributed by atoms with Crippen LogP contribution in [0.1, 0.15) is 47.5 Å². The molecule has 0 bridgehead atoms. The molecule has 24 heavy (non-hydrogen) atoms. The number of carbonyl (C=O) groups is 5. The van der Waals surface area contributed by atoms with E-state index in [4.69, 9.17) is 14.6 Å². The van der Waals surface area contributed by atoms with Crippen LogP contribution in [0.2, 0.25) is 0 Å². The molecule has 0 aromatic rings. The Morgan fingerprint density at radius 3 is 1.83 bits per heavy atom. The number of hydrogen-bond donors (Lipinski definition) is 1. The van der Waals surface area contributed by atoms with Crippen molar-refractivity contribution < 1.29 is 43.3 Å². The van der Waals surface area contributed by atoms with Crippen molar-refractivity contribution in [3.8, 4) is 0 Å². The minimum Gasteiger partial charge on any atom is -0.478 e. The van der Waals surface area contributed by atoms with E-state index in [2.05, 4.69) is 4.74 Å². The molecule has 2 atom stereocenters. The molecular formula is C15H22O9. The number of carboxylic acids is 1. The van der Waals surface area contributed by atoms with Crippen molar-refractivity contribution in [3.63, 3.8) is 0 Å². The summed E-state index contributed by atoms with van der Waals surface area (Å²) < 4.78 is 14.4. The van der Waals surface area contributed by atoms with Gasteiger partial charge in [-0.2, -0.15) is 0 Å². The molecule has 0 amide bonds. The summed E-state index contributed by atoms with van der Waals surface area (Å²) >= 11 is 0. The predicted octanol–water partition coefficient (Wildman–Crippen LogP) is 0.625. The van der Waals surface area contributed by atoms with Crippen LogP contribution in [0.5, 0.6) is 0 Å². The van der Waals surface area contributed by atoms with Gasteiger partial charge in [0, 0.05) is 6.92 Å². The van der Waals surface area contributed by atoms with Crippen LogP contribution in [0.3, 0.4) is 0 Å². The minimum absolute atomic E-state index is 0.508. The summed E-state index contributed by atoms with van der Waals surface area (Å²) in [7, 11) is 0. The topological polar surface area (TPSA) is 133 Å². The molecule has 0 aromatic heterocycles. The number of Topliss-reactive ketones (excluding diaryl/α,β-unsaturated/α-hetero) is 1. The third-order valence-electron chi connectivity index (χ3n) is 2.35. The van der Waals surface area contributed by atoms with Crippen molar-refractivity contribution in [1.29, 1.82) is 0 Å². The van der Waals surface area contributed by atoms with Gasteiger partial charge in [0.05, 0.1) is 12.8 Å². The van der Waals surface area contributed by atoms with Gasteiger partial charge in [-0.3, -0.25) is 14.4 Å². The Bertz CT molecular complexity index is 516. The molecule has 0 fully saturated rings. The molecule has 0 saturated carbocycles. The van der Waals surface area contributed by atoms with Crippen molar-refractivity contribution in [3.05, 3.63) is 0 Å². The monoisotopic (exact) mass is 346 g/mol. The van der Waals surface area contributed by atoms with E-state index in [0.29, 0.717) is 0 Å². The largest absolute Gasteiger partial charge is 0.478 e. The molecular weight excluding hydrogens is 324 g/mol. The van der Waals surface area contributed by atoms with Gasteiger partial charge in [-0.05, 0) is 27.7 Å². The highest BCUT2D eigenvalue weighted by Crippen LogP contribution is 2.13. The standard InChI is InChI=1S/C15H22O9/c1-8(16)6-10(13(19)20)23-14(21)11(22-9(2)17)7-12(18)24-15(3,4)5/h10-11H,6-7H2,1-5H3,(H,19,20)/t10-,11-/m0/s1. The maximum absolute atomic E-state index is 12.0. The van der Waals surface area contributed by atoms with E-state index in [9.17, 15) is 24.0 Å². The lowest BCUT2D eigenvalue weighted by molar-refractivity contribution is -0.180. The summed E-state index contributed by atoms with van der Waals surface area (Å²) in [5.74, 6) is -4.98. The average Bonchev–Trinajstić information content (AvgIpc) is 2.33. The first-order valence-corrected chi connectivity index (χ1v) is 7.13. The molecule has 0 saturated heterocycles. The second-order valence-corrected chi connectivity index (χ2v) is 6.06. The molecule has 0 aliphatic carbocycles. The first kappa shape index (κ1) is 21.6. The van der Waals surface area contributed by atoms with Crippen LogP contribution in [0.4, 0.5) is 0 Å². The Hall–Kier alpha value is -2.45. The summed E-state index contributed by atoms with van der Waals surface area (Å²) in [6.45, 7) is 6.97. The normalized spacial score (nSPS) is 13.4. The molecule has 1 N–H and O–H groups in total. The molecule has 0 aliphatic heterocycles. The number of hydrogen-bond acceptors (Lipinski definition) is 8. The number of carboxylic acid groups (broad SMARTS) is 1. The average molecular weight is 346 g/mol. The van der Waals surface area contributed by atoms with Crippen molar-refractivity contribution in [1.82, 2.24) is 0 Å². The van der Waals surface area contributed by atoms with Crippen molar-refractivity contribution in [2.75, 3.05) is 0 Å². The Balaban J connectivity index is 5.05. The van der Waals surface area contributed by atoms with Gasteiger partial charge in [-0.25, -0.2) is 9.59 Å². The fraction of sp³-hybridized carbons (Fsp3) is 0.667. The van der Waals surface area contributed by atoms with E-state index in [1.54, 1.807) is 20.8 Å². The molecule has 0 aliphatic rings. The summed E-state index contributed by atoms with van der Waals surface area (Å²) in [4.78, 5) is 56.8. The molecule has 0 unspecified atom stereocenters. The van der Waals surface area contributed by atoms with Crippen molar-refractivity contribution >= 4 is 29.7 Å². The Kier molecular flexibility index (Phi) is 8.08. The van der Waals surface area contributed by atoms with E-state index < -0.39 is 60.3 Å². The fourth-order valence-corrected chi connectivity index (χ4v) is 1.56. The number of aliphatic carboxylic acids is 1. The number of rotatable bonds is 8. The van der Waals surface area contributed by atoms with Crippen LogP contribution in [0.25, 0.3) is 0 Å². The first-order valence-electron chi connectivity index (χ1n) is 7.13. The van der Waals surface area contributed by atoms with Crippen LogP contribution in [-0.4, -0.2) is 52.6 Å². The zero-order valence-corrected chi connectivity index (χ0v) is 14.3. The second-order valence-electron chi connectivity index (χ2n) is 6.06. The van der Waals surface area contributed by atoms with Gasteiger partial charge in [0.25, 0.3) is 0 Å². The Labute approximate surface area is 139 Å². The quantitative estimate of drug-likeness (QED) is 0.496. The van der Waals surface area contributed by atoms with Gasteiger partial charge < -0.3 is 19.3 Å². The first-order chi connectivity index (χ1) is 10.8. The van der Waals surface area contributed by atoms with Crippen LogP contribution in [0.15, 0.2) is 0 Å². The number of esters is 3. The fourth-order valence-electron chi connectivity index (χ4n) is 1.56. The number of carbonyl (C=O) groups excluding carboxylic acids is 4. The zero-order valence-electron chi connectivity index (χ0n) is 14.3. The van der Waals surface area contributed by atoms with E-state index in [1.165, 1.54) is 0 Å². The molecule has 0 heterocycles. The highest BCUT2D eigenvalue weighted by atomic mass is 16.6. The lowest BCUT2D eigenvalue weighted by atomic mass is 10.1. The van der Waals surface area contributed by atoms with Gasteiger partial charge in [0.2, 0.25) is 12.2 Å². The van der Waals surface area contributed by atoms with Gasteiger partial charge in [-0.1, -0.05) is 0 Å². The highest BCUT2D eigenvalue weighted by molar-refractivity contribution is 5.88.